The molecule has 1 aliphatic rings. The summed E-state index contributed by atoms with van der Waals surface area (Å²) in [6.45, 7) is 7.06. The van der Waals surface area contributed by atoms with Gasteiger partial charge >= 0.3 is 5.69 Å². The number of carbonyl (C=O) groups is 1. The minimum Gasteiger partial charge on any atom is -0.361 e. The SMILES string of the molecule is CC(C)(C)C(=O)N1CCC(Nc2ncccc2[N+](=O)[O-])CC1. The Bertz CT molecular complexity index is 560. The number of nitro groups is 1. The van der Waals surface area contributed by atoms with Gasteiger partial charge in [-0.1, -0.05) is 20.8 Å². The van der Waals surface area contributed by atoms with Crippen LogP contribution in [0, 0.1) is 15.5 Å². The van der Waals surface area contributed by atoms with Gasteiger partial charge in [0.2, 0.25) is 11.7 Å². The van der Waals surface area contributed by atoms with E-state index in [1.165, 1.54) is 12.3 Å². The molecule has 0 saturated carbocycles. The van der Waals surface area contributed by atoms with Crippen molar-refractivity contribution in [2.75, 3.05) is 18.4 Å². The molecule has 0 atom stereocenters. The standard InChI is InChI=1S/C15H22N4O3/c1-15(2,3)14(20)18-9-6-11(7-10-18)17-13-12(19(21)22)5-4-8-16-13/h4-5,8,11H,6-7,9-10H2,1-3H3,(H,16,17). The van der Waals surface area contributed by atoms with E-state index >= 15 is 0 Å². The van der Waals surface area contributed by atoms with Gasteiger partial charge in [0.05, 0.1) is 4.92 Å². The maximum atomic E-state index is 12.2. The van der Waals surface area contributed by atoms with Gasteiger partial charge in [-0.3, -0.25) is 14.9 Å². The summed E-state index contributed by atoms with van der Waals surface area (Å²) in [4.78, 5) is 28.7. The number of aromatic nitrogens is 1. The van der Waals surface area contributed by atoms with E-state index in [4.69, 9.17) is 0 Å². The molecule has 0 radical (unpaired) electrons. The molecule has 1 fully saturated rings. The molecule has 1 aliphatic heterocycles. The number of piperidine rings is 1. The van der Waals surface area contributed by atoms with Gasteiger partial charge in [0, 0.05) is 36.8 Å². The molecule has 0 aromatic carbocycles. The van der Waals surface area contributed by atoms with E-state index in [0.29, 0.717) is 18.9 Å². The van der Waals surface area contributed by atoms with Crippen LogP contribution in [-0.2, 0) is 4.79 Å². The molecule has 0 bridgehead atoms. The fraction of sp³-hybridized carbons (Fsp3) is 0.600. The average Bonchev–Trinajstić information content (AvgIpc) is 2.46. The summed E-state index contributed by atoms with van der Waals surface area (Å²) >= 11 is 0. The Morgan fingerprint density at radius 3 is 2.59 bits per heavy atom. The minimum absolute atomic E-state index is 0.0179. The minimum atomic E-state index is -0.437. The summed E-state index contributed by atoms with van der Waals surface area (Å²) in [7, 11) is 0. The van der Waals surface area contributed by atoms with Gasteiger partial charge < -0.3 is 10.2 Å². The molecule has 1 amide bonds. The molecule has 0 aliphatic carbocycles. The molecule has 2 rings (SSSR count). The van der Waals surface area contributed by atoms with Crippen LogP contribution in [-0.4, -0.2) is 39.8 Å². The number of anilines is 1. The third-order valence-electron chi connectivity index (χ3n) is 3.75. The summed E-state index contributed by atoms with van der Waals surface area (Å²) < 4.78 is 0. The smallest absolute Gasteiger partial charge is 0.311 e. The Balaban J connectivity index is 1.96. The molecule has 120 valence electrons. The lowest BCUT2D eigenvalue weighted by atomic mass is 9.93. The van der Waals surface area contributed by atoms with Gasteiger partial charge in [-0.05, 0) is 18.9 Å². The predicted molar refractivity (Wildman–Crippen MR) is 83.6 cm³/mol. The maximum Gasteiger partial charge on any atom is 0.311 e. The molecule has 1 saturated heterocycles. The molecule has 1 N–H and O–H groups in total. The molecule has 7 heteroatoms. The number of rotatable bonds is 3. The molecule has 7 nitrogen and oxygen atoms in total. The number of amides is 1. The zero-order valence-corrected chi connectivity index (χ0v) is 13.2. The zero-order valence-electron chi connectivity index (χ0n) is 13.2. The maximum absolute atomic E-state index is 12.2. The Kier molecular flexibility index (Phi) is 4.63. The first-order valence-corrected chi connectivity index (χ1v) is 7.44. The first-order valence-electron chi connectivity index (χ1n) is 7.44. The predicted octanol–water partition coefficient (Wildman–Crippen LogP) is 2.44. The Hall–Kier alpha value is -2.18. The second-order valence-corrected chi connectivity index (χ2v) is 6.59. The van der Waals surface area contributed by atoms with Crippen LogP contribution >= 0.6 is 0 Å². The van der Waals surface area contributed by atoms with E-state index in [1.54, 1.807) is 6.07 Å². The number of nitrogens with one attached hydrogen (secondary N) is 1. The van der Waals surface area contributed by atoms with Crippen molar-refractivity contribution in [3.05, 3.63) is 28.4 Å². The highest BCUT2D eigenvalue weighted by Gasteiger charge is 2.30. The normalized spacial score (nSPS) is 16.4. The van der Waals surface area contributed by atoms with Crippen molar-refractivity contribution in [2.45, 2.75) is 39.7 Å². The largest absolute Gasteiger partial charge is 0.361 e. The van der Waals surface area contributed by atoms with Crippen molar-refractivity contribution in [1.82, 2.24) is 9.88 Å². The Labute approximate surface area is 129 Å². The van der Waals surface area contributed by atoms with Crippen molar-refractivity contribution in [2.24, 2.45) is 5.41 Å². The number of hydrogen-bond donors (Lipinski definition) is 1. The molecule has 1 aromatic heterocycles. The van der Waals surface area contributed by atoms with Crippen LogP contribution in [0.1, 0.15) is 33.6 Å². The van der Waals surface area contributed by atoms with Crippen LogP contribution in [0.2, 0.25) is 0 Å². The van der Waals surface area contributed by atoms with Crippen LogP contribution < -0.4 is 5.32 Å². The van der Waals surface area contributed by atoms with E-state index in [-0.39, 0.29) is 23.1 Å². The van der Waals surface area contributed by atoms with Crippen molar-refractivity contribution in [3.8, 4) is 0 Å². The third-order valence-corrected chi connectivity index (χ3v) is 3.75. The summed E-state index contributed by atoms with van der Waals surface area (Å²) in [6.07, 6.45) is 3.05. The van der Waals surface area contributed by atoms with E-state index in [9.17, 15) is 14.9 Å². The molecule has 2 heterocycles. The van der Waals surface area contributed by atoms with Gasteiger partial charge in [0.25, 0.3) is 0 Å². The monoisotopic (exact) mass is 306 g/mol. The Morgan fingerprint density at radius 1 is 1.41 bits per heavy atom. The van der Waals surface area contributed by atoms with Gasteiger partial charge in [-0.2, -0.15) is 0 Å². The quantitative estimate of drug-likeness (QED) is 0.684. The second-order valence-electron chi connectivity index (χ2n) is 6.59. The summed E-state index contributed by atoms with van der Waals surface area (Å²) in [5, 5.41) is 14.1. The third kappa shape index (κ3) is 3.72. The number of nitrogens with zero attached hydrogens (tertiary/aromatic N) is 3. The van der Waals surface area contributed by atoms with Crippen LogP contribution in [0.4, 0.5) is 11.5 Å². The Morgan fingerprint density at radius 2 is 2.05 bits per heavy atom. The van der Waals surface area contributed by atoms with Crippen molar-refractivity contribution in [3.63, 3.8) is 0 Å². The molecule has 22 heavy (non-hydrogen) atoms. The van der Waals surface area contributed by atoms with Crippen molar-refractivity contribution in [1.29, 1.82) is 0 Å². The summed E-state index contributed by atoms with van der Waals surface area (Å²) in [5.41, 5.74) is -0.393. The first kappa shape index (κ1) is 16.2. The highest BCUT2D eigenvalue weighted by molar-refractivity contribution is 5.81. The van der Waals surface area contributed by atoms with Gasteiger partial charge in [0.15, 0.2) is 0 Å². The molecular formula is C15H22N4O3. The molecular weight excluding hydrogens is 284 g/mol. The molecule has 1 aromatic rings. The number of hydrogen-bond acceptors (Lipinski definition) is 5. The summed E-state index contributed by atoms with van der Waals surface area (Å²) in [6, 6.07) is 3.08. The highest BCUT2D eigenvalue weighted by Crippen LogP contribution is 2.25. The lowest BCUT2D eigenvalue weighted by Gasteiger charge is -2.36. The number of pyridine rings is 1. The lowest BCUT2D eigenvalue weighted by Crippen LogP contribution is -2.46. The summed E-state index contributed by atoms with van der Waals surface area (Å²) in [5.74, 6) is 0.447. The van der Waals surface area contributed by atoms with Gasteiger partial charge in [-0.15, -0.1) is 0 Å². The van der Waals surface area contributed by atoms with Crippen molar-refractivity contribution < 1.29 is 9.72 Å². The molecule has 0 spiro atoms. The molecule has 0 unspecified atom stereocenters. The van der Waals surface area contributed by atoms with Crippen molar-refractivity contribution >= 4 is 17.4 Å². The van der Waals surface area contributed by atoms with E-state index < -0.39 is 4.92 Å². The first-order chi connectivity index (χ1) is 10.3. The fourth-order valence-electron chi connectivity index (χ4n) is 2.55. The van der Waals surface area contributed by atoms with Gasteiger partial charge in [-0.25, -0.2) is 4.98 Å². The zero-order chi connectivity index (χ0) is 16.3. The number of carbonyl (C=O) groups excluding carboxylic acids is 1. The lowest BCUT2D eigenvalue weighted by molar-refractivity contribution is -0.384. The topological polar surface area (TPSA) is 88.4 Å². The van der Waals surface area contributed by atoms with E-state index in [2.05, 4.69) is 10.3 Å². The highest BCUT2D eigenvalue weighted by atomic mass is 16.6. The van der Waals surface area contributed by atoms with Crippen LogP contribution in [0.15, 0.2) is 18.3 Å². The van der Waals surface area contributed by atoms with Crippen LogP contribution in [0.3, 0.4) is 0 Å². The van der Waals surface area contributed by atoms with E-state index in [1.807, 2.05) is 25.7 Å². The van der Waals surface area contributed by atoms with E-state index in [0.717, 1.165) is 12.8 Å². The van der Waals surface area contributed by atoms with Crippen LogP contribution in [0.5, 0.6) is 0 Å². The number of likely N-dealkylation sites (tertiary alicyclic amines) is 1. The average molecular weight is 306 g/mol. The fourth-order valence-corrected chi connectivity index (χ4v) is 2.55. The van der Waals surface area contributed by atoms with Crippen LogP contribution in [0.25, 0.3) is 0 Å². The van der Waals surface area contributed by atoms with Gasteiger partial charge in [0.1, 0.15) is 0 Å². The second kappa shape index (κ2) is 6.29.